The SMILES string of the molecule is Cc1cccc(NC(=O)Cn2c(/C=C/c3ccccc3)nc3ccccc32)c1. The number of amides is 1. The van der Waals surface area contributed by atoms with Crippen LogP contribution >= 0.6 is 0 Å². The Hall–Kier alpha value is -3.66. The molecule has 0 bridgehead atoms. The monoisotopic (exact) mass is 367 g/mol. The maximum atomic E-state index is 12.7. The van der Waals surface area contributed by atoms with Crippen molar-refractivity contribution in [2.75, 3.05) is 5.32 Å². The fourth-order valence-corrected chi connectivity index (χ4v) is 3.19. The van der Waals surface area contributed by atoms with Crippen molar-refractivity contribution < 1.29 is 4.79 Å². The number of aromatic nitrogens is 2. The van der Waals surface area contributed by atoms with Gasteiger partial charge in [0.1, 0.15) is 12.4 Å². The van der Waals surface area contributed by atoms with Crippen molar-refractivity contribution in [2.45, 2.75) is 13.5 Å². The highest BCUT2D eigenvalue weighted by Gasteiger charge is 2.12. The van der Waals surface area contributed by atoms with Gasteiger partial charge in [-0.1, -0.05) is 60.7 Å². The number of anilines is 1. The number of imidazole rings is 1. The van der Waals surface area contributed by atoms with Gasteiger partial charge < -0.3 is 9.88 Å². The zero-order chi connectivity index (χ0) is 19.3. The van der Waals surface area contributed by atoms with Gasteiger partial charge in [0.25, 0.3) is 0 Å². The summed E-state index contributed by atoms with van der Waals surface area (Å²) in [5, 5.41) is 2.98. The summed E-state index contributed by atoms with van der Waals surface area (Å²) in [6, 6.07) is 25.7. The molecule has 0 atom stereocenters. The quantitative estimate of drug-likeness (QED) is 0.530. The first-order valence-electron chi connectivity index (χ1n) is 9.24. The number of nitrogens with zero attached hydrogens (tertiary/aromatic N) is 2. The standard InChI is InChI=1S/C24H21N3O/c1-18-8-7-11-20(16-18)25-24(28)17-27-22-13-6-5-12-21(22)26-23(27)15-14-19-9-3-2-4-10-19/h2-16H,17H2,1H3,(H,25,28)/b15-14+. The van der Waals surface area contributed by atoms with Crippen molar-refractivity contribution in [3.63, 3.8) is 0 Å². The molecule has 138 valence electrons. The third kappa shape index (κ3) is 4.01. The molecule has 0 fully saturated rings. The maximum absolute atomic E-state index is 12.7. The van der Waals surface area contributed by atoms with Crippen LogP contribution in [0.3, 0.4) is 0 Å². The van der Waals surface area contributed by atoms with Crippen molar-refractivity contribution in [1.29, 1.82) is 0 Å². The van der Waals surface area contributed by atoms with Gasteiger partial charge in [-0.15, -0.1) is 0 Å². The van der Waals surface area contributed by atoms with Gasteiger partial charge in [0.15, 0.2) is 0 Å². The number of hydrogen-bond acceptors (Lipinski definition) is 2. The van der Waals surface area contributed by atoms with E-state index in [1.165, 1.54) is 0 Å². The molecule has 4 rings (SSSR count). The number of hydrogen-bond donors (Lipinski definition) is 1. The summed E-state index contributed by atoms with van der Waals surface area (Å²) in [5.41, 5.74) is 4.81. The lowest BCUT2D eigenvalue weighted by molar-refractivity contribution is -0.116. The van der Waals surface area contributed by atoms with Crippen molar-refractivity contribution in [1.82, 2.24) is 9.55 Å². The van der Waals surface area contributed by atoms with Gasteiger partial charge >= 0.3 is 0 Å². The first-order valence-corrected chi connectivity index (χ1v) is 9.24. The van der Waals surface area contributed by atoms with Crippen molar-refractivity contribution in [3.05, 3.63) is 95.8 Å². The Morgan fingerprint density at radius 2 is 1.75 bits per heavy atom. The summed E-state index contributed by atoms with van der Waals surface area (Å²) in [6.07, 6.45) is 3.96. The van der Waals surface area contributed by atoms with E-state index < -0.39 is 0 Å². The fraction of sp³-hybridized carbons (Fsp3) is 0.0833. The van der Waals surface area contributed by atoms with Gasteiger partial charge in [-0.25, -0.2) is 4.98 Å². The van der Waals surface area contributed by atoms with Gasteiger partial charge in [-0.05, 0) is 48.4 Å². The molecule has 0 saturated carbocycles. The Balaban J connectivity index is 1.63. The average molecular weight is 367 g/mol. The molecule has 4 heteroatoms. The Morgan fingerprint density at radius 1 is 0.964 bits per heavy atom. The lowest BCUT2D eigenvalue weighted by atomic mass is 10.2. The van der Waals surface area contributed by atoms with Gasteiger partial charge in [0, 0.05) is 5.69 Å². The summed E-state index contributed by atoms with van der Waals surface area (Å²) in [4.78, 5) is 17.4. The number of benzene rings is 3. The van der Waals surface area contributed by atoms with Crippen LogP contribution in [0.2, 0.25) is 0 Å². The molecule has 4 nitrogen and oxygen atoms in total. The molecule has 0 aliphatic carbocycles. The third-order valence-electron chi connectivity index (χ3n) is 4.51. The molecule has 1 aromatic heterocycles. The smallest absolute Gasteiger partial charge is 0.244 e. The number of fused-ring (bicyclic) bond motifs is 1. The second-order valence-corrected chi connectivity index (χ2v) is 6.71. The summed E-state index contributed by atoms with van der Waals surface area (Å²) in [6.45, 7) is 2.20. The number of aryl methyl sites for hydroxylation is 1. The predicted octanol–water partition coefficient (Wildman–Crippen LogP) is 5.15. The van der Waals surface area contributed by atoms with Gasteiger partial charge in [0.2, 0.25) is 5.91 Å². The van der Waals surface area contributed by atoms with E-state index in [1.807, 2.05) is 103 Å². The van der Waals surface area contributed by atoms with Crippen molar-refractivity contribution in [2.24, 2.45) is 0 Å². The van der Waals surface area contributed by atoms with Crippen molar-refractivity contribution >= 4 is 34.8 Å². The van der Waals surface area contributed by atoms with E-state index in [9.17, 15) is 4.79 Å². The van der Waals surface area contributed by atoms with Crippen LogP contribution in [-0.2, 0) is 11.3 Å². The van der Waals surface area contributed by atoms with Crippen LogP contribution in [-0.4, -0.2) is 15.5 Å². The van der Waals surface area contributed by atoms with E-state index in [0.29, 0.717) is 0 Å². The van der Waals surface area contributed by atoms with E-state index in [2.05, 4.69) is 5.32 Å². The van der Waals surface area contributed by atoms with E-state index in [4.69, 9.17) is 4.98 Å². The van der Waals surface area contributed by atoms with E-state index in [1.54, 1.807) is 0 Å². The minimum absolute atomic E-state index is 0.0804. The van der Waals surface area contributed by atoms with Gasteiger partial charge in [-0.3, -0.25) is 4.79 Å². The molecule has 0 saturated heterocycles. The zero-order valence-electron chi connectivity index (χ0n) is 15.7. The van der Waals surface area contributed by atoms with Crippen LogP contribution in [0.25, 0.3) is 23.2 Å². The van der Waals surface area contributed by atoms with Crippen LogP contribution in [0.1, 0.15) is 17.0 Å². The van der Waals surface area contributed by atoms with Crippen LogP contribution in [0.15, 0.2) is 78.9 Å². The summed E-state index contributed by atoms with van der Waals surface area (Å²) >= 11 is 0. The molecule has 4 aromatic rings. The van der Waals surface area contributed by atoms with E-state index in [-0.39, 0.29) is 12.5 Å². The number of nitrogens with one attached hydrogen (secondary N) is 1. The van der Waals surface area contributed by atoms with Gasteiger partial charge in [-0.2, -0.15) is 0 Å². The molecule has 0 spiro atoms. The topological polar surface area (TPSA) is 46.9 Å². The first kappa shape index (κ1) is 17.7. The summed E-state index contributed by atoms with van der Waals surface area (Å²) in [7, 11) is 0. The summed E-state index contributed by atoms with van der Waals surface area (Å²) in [5.74, 6) is 0.674. The highest BCUT2D eigenvalue weighted by atomic mass is 16.1. The lowest BCUT2D eigenvalue weighted by Gasteiger charge is -2.09. The molecular weight excluding hydrogens is 346 g/mol. The molecule has 3 aromatic carbocycles. The summed E-state index contributed by atoms with van der Waals surface area (Å²) < 4.78 is 1.94. The van der Waals surface area contributed by atoms with Crippen molar-refractivity contribution in [3.8, 4) is 0 Å². The molecule has 1 amide bonds. The molecule has 1 heterocycles. The number of carbonyl (C=O) groups is 1. The second-order valence-electron chi connectivity index (χ2n) is 6.71. The highest BCUT2D eigenvalue weighted by Crippen LogP contribution is 2.19. The number of rotatable bonds is 5. The van der Waals surface area contributed by atoms with Gasteiger partial charge in [0.05, 0.1) is 11.0 Å². The molecule has 0 unspecified atom stereocenters. The number of para-hydroxylation sites is 2. The molecule has 1 N–H and O–H groups in total. The second kappa shape index (κ2) is 7.92. The molecular formula is C24H21N3O. The normalized spacial score (nSPS) is 11.2. The van der Waals surface area contributed by atoms with E-state index >= 15 is 0 Å². The largest absolute Gasteiger partial charge is 0.325 e. The molecule has 0 radical (unpaired) electrons. The van der Waals surface area contributed by atoms with E-state index in [0.717, 1.165) is 33.7 Å². The third-order valence-corrected chi connectivity index (χ3v) is 4.51. The first-order chi connectivity index (χ1) is 13.7. The lowest BCUT2D eigenvalue weighted by Crippen LogP contribution is -2.19. The Bertz CT molecular complexity index is 1140. The molecule has 0 aliphatic heterocycles. The Labute approximate surface area is 164 Å². The van der Waals surface area contributed by atoms with Crippen LogP contribution < -0.4 is 5.32 Å². The predicted molar refractivity (Wildman–Crippen MR) is 115 cm³/mol. The highest BCUT2D eigenvalue weighted by molar-refractivity contribution is 5.92. The fourth-order valence-electron chi connectivity index (χ4n) is 3.19. The number of carbonyl (C=O) groups excluding carboxylic acids is 1. The zero-order valence-corrected chi connectivity index (χ0v) is 15.7. The molecule has 28 heavy (non-hydrogen) atoms. The van der Waals surface area contributed by atoms with Crippen LogP contribution in [0.4, 0.5) is 5.69 Å². The van der Waals surface area contributed by atoms with Crippen LogP contribution in [0, 0.1) is 6.92 Å². The minimum Gasteiger partial charge on any atom is -0.325 e. The average Bonchev–Trinajstić information content (AvgIpc) is 3.05. The maximum Gasteiger partial charge on any atom is 0.244 e. The molecule has 0 aliphatic rings. The Kier molecular flexibility index (Phi) is 5.02. The minimum atomic E-state index is -0.0804. The Morgan fingerprint density at radius 3 is 2.57 bits per heavy atom. The van der Waals surface area contributed by atoms with Crippen LogP contribution in [0.5, 0.6) is 0 Å².